The fraction of sp³-hybridized carbons (Fsp3) is 0.0732. The molecule has 41 heavy (non-hydrogen) atoms. The van der Waals surface area contributed by atoms with Crippen molar-refractivity contribution in [3.8, 4) is 33.4 Å². The molecule has 8 aromatic carbocycles. The molecule has 0 aromatic heterocycles. The van der Waals surface area contributed by atoms with Gasteiger partial charge in [-0.05, 0) is 106 Å². The van der Waals surface area contributed by atoms with Gasteiger partial charge in [-0.25, -0.2) is 0 Å². The highest BCUT2D eigenvalue weighted by molar-refractivity contribution is 6.27. The molecule has 0 nitrogen and oxygen atoms in total. The first kappa shape index (κ1) is 18.4. The first-order valence-corrected chi connectivity index (χ1v) is 14.1. The van der Waals surface area contributed by atoms with E-state index < -0.39 is 0 Å². The number of fused-ring (bicyclic) bond motifs is 4. The van der Waals surface area contributed by atoms with Crippen LogP contribution in [0.2, 0.25) is 0 Å². The van der Waals surface area contributed by atoms with Gasteiger partial charge < -0.3 is 0 Å². The lowest BCUT2D eigenvalue weighted by atomic mass is 9.80. The number of rotatable bonds is 2. The SMILES string of the molecule is [2H]c1c([2H])c([2H])c(-c2ccc3ccc4c(-c5ccc6c(c5)C(C)(C)c5cc7ccccc7cc5-6)ccc5ccc2c3c54)c([2H])c1[2H]. The maximum absolute atomic E-state index is 8.66. The van der Waals surface area contributed by atoms with Crippen LogP contribution in [0.1, 0.15) is 31.8 Å². The van der Waals surface area contributed by atoms with Crippen molar-refractivity contribution in [3.05, 3.63) is 144 Å². The van der Waals surface area contributed by atoms with Crippen LogP contribution in [0, 0.1) is 0 Å². The average molecular weight is 526 g/mol. The fourth-order valence-corrected chi connectivity index (χ4v) is 7.24. The van der Waals surface area contributed by atoms with E-state index in [0.717, 1.165) is 43.4 Å². The zero-order valence-corrected chi connectivity index (χ0v) is 22.8. The summed E-state index contributed by atoms with van der Waals surface area (Å²) in [5, 5.41) is 8.85. The average Bonchev–Trinajstić information content (AvgIpc) is 3.29. The van der Waals surface area contributed by atoms with Crippen LogP contribution in [-0.4, -0.2) is 0 Å². The van der Waals surface area contributed by atoms with Crippen LogP contribution in [0.15, 0.2) is 133 Å². The summed E-state index contributed by atoms with van der Waals surface area (Å²) in [6, 6.07) is 35.5. The molecular weight excluding hydrogens is 492 g/mol. The Kier molecular flexibility index (Phi) is 3.62. The van der Waals surface area contributed by atoms with Crippen molar-refractivity contribution < 1.29 is 6.85 Å². The minimum atomic E-state index is -0.380. The van der Waals surface area contributed by atoms with Crippen molar-refractivity contribution in [3.63, 3.8) is 0 Å². The molecule has 0 N–H and O–H groups in total. The highest BCUT2D eigenvalue weighted by Gasteiger charge is 2.36. The predicted octanol–water partition coefficient (Wildman–Crippen LogP) is 11.4. The Morgan fingerprint density at radius 3 is 1.71 bits per heavy atom. The van der Waals surface area contributed by atoms with Crippen molar-refractivity contribution >= 4 is 43.1 Å². The minimum Gasteiger partial charge on any atom is -0.0622 e. The summed E-state index contributed by atoms with van der Waals surface area (Å²) in [6.07, 6.45) is 0. The van der Waals surface area contributed by atoms with Gasteiger partial charge in [0.15, 0.2) is 0 Å². The number of hydrogen-bond acceptors (Lipinski definition) is 0. The van der Waals surface area contributed by atoms with Gasteiger partial charge in [0, 0.05) is 5.41 Å². The molecule has 0 unspecified atom stereocenters. The van der Waals surface area contributed by atoms with E-state index in [0.29, 0.717) is 5.56 Å². The summed E-state index contributed by atoms with van der Waals surface area (Å²) in [4.78, 5) is 0. The van der Waals surface area contributed by atoms with Gasteiger partial charge in [0.1, 0.15) is 0 Å². The Morgan fingerprint density at radius 2 is 1.02 bits per heavy atom. The lowest BCUT2D eigenvalue weighted by Crippen LogP contribution is -2.15. The van der Waals surface area contributed by atoms with Gasteiger partial charge in [-0.3, -0.25) is 0 Å². The van der Waals surface area contributed by atoms with Gasteiger partial charge in [-0.15, -0.1) is 0 Å². The Bertz CT molecular complexity index is 2580. The Labute approximate surface area is 246 Å². The van der Waals surface area contributed by atoms with Crippen LogP contribution in [-0.2, 0) is 5.41 Å². The maximum atomic E-state index is 8.66. The Morgan fingerprint density at radius 1 is 0.463 bits per heavy atom. The number of benzene rings is 8. The van der Waals surface area contributed by atoms with Gasteiger partial charge in [0.25, 0.3) is 0 Å². The summed E-state index contributed by atoms with van der Waals surface area (Å²) in [5.74, 6) is 0. The third-order valence-electron chi connectivity index (χ3n) is 9.29. The Hall–Kier alpha value is -4.94. The van der Waals surface area contributed by atoms with E-state index in [1.807, 2.05) is 18.2 Å². The standard InChI is InChI=1S/C41H28/c1-41(2)37-24-30(16-19-33(37)36-22-28-10-6-7-11-29(28)23-38(36)41)32-18-13-27-14-20-34-31(25-8-4-3-5-9-25)17-12-26-15-21-35(32)40(27)39(26)34/h3-24H,1-2H3/i3D,4D,5D,8D,9D. The Balaban J connectivity index is 1.27. The van der Waals surface area contributed by atoms with Crippen LogP contribution in [0.5, 0.6) is 0 Å². The quantitative estimate of drug-likeness (QED) is 0.197. The molecule has 1 aliphatic rings. The summed E-state index contributed by atoms with van der Waals surface area (Å²) >= 11 is 0. The first-order chi connectivity index (χ1) is 22.1. The molecule has 0 heterocycles. The molecule has 0 spiro atoms. The van der Waals surface area contributed by atoms with E-state index in [-0.39, 0.29) is 41.2 Å². The van der Waals surface area contributed by atoms with E-state index in [2.05, 4.69) is 98.8 Å². The molecule has 0 saturated carbocycles. The summed E-state index contributed by atoms with van der Waals surface area (Å²) in [6.45, 7) is 4.64. The maximum Gasteiger partial charge on any atom is 0.0629 e. The van der Waals surface area contributed by atoms with Gasteiger partial charge >= 0.3 is 0 Å². The zero-order valence-electron chi connectivity index (χ0n) is 27.8. The molecule has 192 valence electrons. The largest absolute Gasteiger partial charge is 0.0629 e. The molecule has 0 aliphatic heterocycles. The van der Waals surface area contributed by atoms with Crippen LogP contribution >= 0.6 is 0 Å². The van der Waals surface area contributed by atoms with Crippen LogP contribution < -0.4 is 0 Å². The molecule has 0 radical (unpaired) electrons. The second kappa shape index (κ2) is 8.05. The van der Waals surface area contributed by atoms with Gasteiger partial charge in [0.05, 0.1) is 6.85 Å². The number of hydrogen-bond donors (Lipinski definition) is 0. The van der Waals surface area contributed by atoms with Crippen molar-refractivity contribution in [1.29, 1.82) is 0 Å². The lowest BCUT2D eigenvalue weighted by molar-refractivity contribution is 0.661. The zero-order chi connectivity index (χ0) is 31.6. The van der Waals surface area contributed by atoms with Crippen molar-refractivity contribution in [2.24, 2.45) is 0 Å². The molecule has 8 aromatic rings. The second-order valence-electron chi connectivity index (χ2n) is 11.8. The second-order valence-corrected chi connectivity index (χ2v) is 11.8. The van der Waals surface area contributed by atoms with Gasteiger partial charge in [-0.2, -0.15) is 0 Å². The molecule has 0 fully saturated rings. The van der Waals surface area contributed by atoms with Crippen LogP contribution in [0.4, 0.5) is 0 Å². The van der Waals surface area contributed by atoms with Crippen molar-refractivity contribution in [2.45, 2.75) is 19.3 Å². The molecular formula is C41H28. The fourth-order valence-electron chi connectivity index (χ4n) is 7.24. The monoisotopic (exact) mass is 525 g/mol. The highest BCUT2D eigenvalue weighted by Crippen LogP contribution is 2.51. The summed E-state index contributed by atoms with van der Waals surface area (Å²) in [7, 11) is 0. The molecule has 0 bridgehead atoms. The molecule has 1 aliphatic carbocycles. The van der Waals surface area contributed by atoms with E-state index in [1.165, 1.54) is 33.0 Å². The molecule has 0 saturated heterocycles. The highest BCUT2D eigenvalue weighted by atomic mass is 14.4. The van der Waals surface area contributed by atoms with Crippen molar-refractivity contribution in [1.82, 2.24) is 0 Å². The molecule has 0 amide bonds. The van der Waals surface area contributed by atoms with E-state index in [9.17, 15) is 0 Å². The van der Waals surface area contributed by atoms with Crippen LogP contribution in [0.3, 0.4) is 0 Å². The minimum absolute atomic E-state index is 0.146. The van der Waals surface area contributed by atoms with E-state index in [4.69, 9.17) is 6.85 Å². The van der Waals surface area contributed by atoms with Gasteiger partial charge in [-0.1, -0.05) is 129 Å². The summed E-state index contributed by atoms with van der Waals surface area (Å²) < 4.78 is 42.0. The first-order valence-electron chi connectivity index (χ1n) is 16.6. The predicted molar refractivity (Wildman–Crippen MR) is 176 cm³/mol. The molecule has 0 atom stereocenters. The molecule has 0 heteroatoms. The van der Waals surface area contributed by atoms with E-state index in [1.54, 1.807) is 0 Å². The van der Waals surface area contributed by atoms with Gasteiger partial charge in [0.2, 0.25) is 0 Å². The smallest absolute Gasteiger partial charge is 0.0622 e. The van der Waals surface area contributed by atoms with E-state index >= 15 is 0 Å². The third kappa shape index (κ3) is 3.11. The normalized spacial score (nSPS) is 15.5. The molecule has 9 rings (SSSR count). The van der Waals surface area contributed by atoms with Crippen molar-refractivity contribution in [2.75, 3.05) is 0 Å². The van der Waals surface area contributed by atoms with Crippen LogP contribution in [0.25, 0.3) is 76.5 Å². The topological polar surface area (TPSA) is 0 Å². The lowest BCUT2D eigenvalue weighted by Gasteiger charge is -2.23. The third-order valence-corrected chi connectivity index (χ3v) is 9.29. The summed E-state index contributed by atoms with van der Waals surface area (Å²) in [5.41, 5.74) is 8.32.